The van der Waals surface area contributed by atoms with Crippen molar-refractivity contribution in [2.45, 2.75) is 32.6 Å². The molecule has 0 fully saturated rings. The largest absolute Gasteiger partial charge is 0.0842 e. The van der Waals surface area contributed by atoms with Crippen molar-refractivity contribution in [2.24, 2.45) is 0 Å². The van der Waals surface area contributed by atoms with Crippen LogP contribution in [0.5, 0.6) is 0 Å². The van der Waals surface area contributed by atoms with Crippen LogP contribution < -0.4 is 0 Å². The van der Waals surface area contributed by atoms with Gasteiger partial charge >= 0.3 is 0 Å². The van der Waals surface area contributed by atoms with Gasteiger partial charge in [0.1, 0.15) is 0 Å². The van der Waals surface area contributed by atoms with E-state index in [-0.39, 0.29) is 0 Å². The van der Waals surface area contributed by atoms with Gasteiger partial charge in [0.25, 0.3) is 0 Å². The van der Waals surface area contributed by atoms with Crippen LogP contribution in [0.2, 0.25) is 0 Å². The average molecular weight is 276 g/mol. The molecule has 2 aromatic carbocycles. The van der Waals surface area contributed by atoms with Crippen LogP contribution in [-0.2, 0) is 6.42 Å². The summed E-state index contributed by atoms with van der Waals surface area (Å²) in [5.41, 5.74) is 4.10. The first kappa shape index (κ1) is 15.3. The lowest BCUT2D eigenvalue weighted by Gasteiger charge is -2.04. The van der Waals surface area contributed by atoms with E-state index in [1.807, 2.05) is 0 Å². The number of allylic oxidation sites excluding steroid dienone is 4. The van der Waals surface area contributed by atoms with Crippen molar-refractivity contribution < 1.29 is 0 Å². The van der Waals surface area contributed by atoms with Gasteiger partial charge in [-0.2, -0.15) is 0 Å². The maximum absolute atomic E-state index is 2.25. The maximum atomic E-state index is 2.25. The lowest BCUT2D eigenvalue weighted by molar-refractivity contribution is 0.966. The summed E-state index contributed by atoms with van der Waals surface area (Å²) in [6.07, 6.45) is 11.0. The second-order valence-corrected chi connectivity index (χ2v) is 5.54. The average Bonchev–Trinajstić information content (AvgIpc) is 2.53. The minimum atomic E-state index is 0.466. The summed E-state index contributed by atoms with van der Waals surface area (Å²) in [5.74, 6) is 0.466. The first-order valence-electron chi connectivity index (χ1n) is 7.69. The van der Waals surface area contributed by atoms with Crippen LogP contribution in [0.15, 0.2) is 78.9 Å². The molecule has 0 N–H and O–H groups in total. The van der Waals surface area contributed by atoms with Crippen LogP contribution in [0.25, 0.3) is 0 Å². The molecule has 0 saturated heterocycles. The molecule has 2 rings (SSSR count). The van der Waals surface area contributed by atoms with Gasteiger partial charge in [-0.15, -0.1) is 0 Å². The molecule has 0 radical (unpaired) electrons. The molecule has 0 spiro atoms. The summed E-state index contributed by atoms with van der Waals surface area (Å²) in [6, 6.07) is 19.4. The van der Waals surface area contributed by atoms with Crippen LogP contribution in [-0.4, -0.2) is 0 Å². The van der Waals surface area contributed by atoms with E-state index in [0.29, 0.717) is 5.92 Å². The Bertz CT molecular complexity index is 573. The van der Waals surface area contributed by atoms with E-state index < -0.39 is 0 Å². The van der Waals surface area contributed by atoms with Crippen molar-refractivity contribution in [2.75, 3.05) is 0 Å². The zero-order valence-corrected chi connectivity index (χ0v) is 13.0. The van der Waals surface area contributed by atoms with Gasteiger partial charge in [-0.25, -0.2) is 0 Å². The molecule has 0 saturated carbocycles. The lowest BCUT2D eigenvalue weighted by atomic mass is 10.0. The first-order chi connectivity index (χ1) is 10.3. The van der Waals surface area contributed by atoms with Crippen molar-refractivity contribution in [3.8, 4) is 0 Å². The summed E-state index contributed by atoms with van der Waals surface area (Å²) in [4.78, 5) is 0. The highest BCUT2D eigenvalue weighted by Crippen LogP contribution is 2.15. The predicted molar refractivity (Wildman–Crippen MR) is 92.6 cm³/mol. The minimum absolute atomic E-state index is 0.466. The third kappa shape index (κ3) is 5.43. The molecule has 0 aliphatic rings. The molecule has 0 aliphatic heterocycles. The Kier molecular flexibility index (Phi) is 6.02. The quantitative estimate of drug-likeness (QED) is 0.581. The highest BCUT2D eigenvalue weighted by Gasteiger charge is 1.97. The molecule has 1 unspecified atom stereocenters. The van der Waals surface area contributed by atoms with Crippen molar-refractivity contribution in [1.82, 2.24) is 0 Å². The van der Waals surface area contributed by atoms with E-state index in [1.54, 1.807) is 0 Å². The fraction of sp³-hybridized carbons (Fsp3) is 0.238. The molecule has 2 aromatic rings. The Morgan fingerprint density at radius 3 is 2.33 bits per heavy atom. The Labute approximate surface area is 128 Å². The molecule has 0 nitrogen and oxygen atoms in total. The fourth-order valence-electron chi connectivity index (χ4n) is 2.28. The van der Waals surface area contributed by atoms with Gasteiger partial charge in [0, 0.05) is 0 Å². The van der Waals surface area contributed by atoms with Gasteiger partial charge in [-0.05, 0) is 36.8 Å². The molecule has 0 bridgehead atoms. The maximum Gasteiger partial charge on any atom is -0.000732 e. The highest BCUT2D eigenvalue weighted by atomic mass is 14.0. The number of hydrogen-bond acceptors (Lipinski definition) is 0. The van der Waals surface area contributed by atoms with E-state index in [9.17, 15) is 0 Å². The first-order valence-corrected chi connectivity index (χ1v) is 7.69. The summed E-state index contributed by atoms with van der Waals surface area (Å²) in [5, 5.41) is 0. The number of rotatable bonds is 6. The van der Waals surface area contributed by atoms with Crippen molar-refractivity contribution in [3.05, 3.63) is 95.6 Å². The van der Waals surface area contributed by atoms with E-state index in [2.05, 4.69) is 92.7 Å². The molecule has 0 heteroatoms. The monoisotopic (exact) mass is 276 g/mol. The molecule has 108 valence electrons. The van der Waals surface area contributed by atoms with Gasteiger partial charge in [-0.3, -0.25) is 0 Å². The lowest BCUT2D eigenvalue weighted by Crippen LogP contribution is -1.87. The van der Waals surface area contributed by atoms with Crippen LogP contribution in [0.1, 0.15) is 36.0 Å². The Balaban J connectivity index is 1.75. The normalized spacial score (nSPS) is 13.0. The van der Waals surface area contributed by atoms with E-state index in [4.69, 9.17) is 0 Å². The van der Waals surface area contributed by atoms with Crippen molar-refractivity contribution in [3.63, 3.8) is 0 Å². The third-order valence-electron chi connectivity index (χ3n) is 3.69. The van der Waals surface area contributed by atoms with E-state index >= 15 is 0 Å². The van der Waals surface area contributed by atoms with Crippen LogP contribution in [0, 0.1) is 6.92 Å². The molecule has 0 heterocycles. The van der Waals surface area contributed by atoms with Crippen LogP contribution >= 0.6 is 0 Å². The van der Waals surface area contributed by atoms with Gasteiger partial charge in [0.15, 0.2) is 0 Å². The Morgan fingerprint density at radius 1 is 0.905 bits per heavy atom. The molecule has 0 aliphatic carbocycles. The predicted octanol–water partition coefficient (Wildman–Crippen LogP) is 5.84. The zero-order chi connectivity index (χ0) is 14.9. The second kappa shape index (κ2) is 8.26. The standard InChI is InChI=1S/C21H24/c1-18-14-16-20(17-15-18)11-7-4-3-6-10-19(2)21-12-8-5-9-13-21/h3-6,8-10,12-17,19H,7,11H2,1-2H3. The van der Waals surface area contributed by atoms with E-state index in [1.165, 1.54) is 16.7 Å². The SMILES string of the molecule is Cc1ccc(CCC=CC=CC(C)c2ccccc2)cc1. The Hall–Kier alpha value is -2.08. The highest BCUT2D eigenvalue weighted by molar-refractivity contribution is 5.24. The van der Waals surface area contributed by atoms with Gasteiger partial charge in [0.05, 0.1) is 0 Å². The summed E-state index contributed by atoms with van der Waals surface area (Å²) in [6.45, 7) is 4.36. The fourth-order valence-corrected chi connectivity index (χ4v) is 2.28. The summed E-state index contributed by atoms with van der Waals surface area (Å²) in [7, 11) is 0. The summed E-state index contributed by atoms with van der Waals surface area (Å²) < 4.78 is 0. The minimum Gasteiger partial charge on any atom is -0.0842 e. The Morgan fingerprint density at radius 2 is 1.62 bits per heavy atom. The zero-order valence-electron chi connectivity index (χ0n) is 13.0. The molecular weight excluding hydrogens is 252 g/mol. The van der Waals surface area contributed by atoms with Crippen molar-refractivity contribution in [1.29, 1.82) is 0 Å². The van der Waals surface area contributed by atoms with Gasteiger partial charge in [0.2, 0.25) is 0 Å². The number of benzene rings is 2. The van der Waals surface area contributed by atoms with Gasteiger partial charge in [-0.1, -0.05) is 91.4 Å². The number of hydrogen-bond donors (Lipinski definition) is 0. The van der Waals surface area contributed by atoms with Crippen LogP contribution in [0.4, 0.5) is 0 Å². The molecule has 21 heavy (non-hydrogen) atoms. The van der Waals surface area contributed by atoms with Crippen molar-refractivity contribution >= 4 is 0 Å². The molecule has 0 aromatic heterocycles. The second-order valence-electron chi connectivity index (χ2n) is 5.54. The van der Waals surface area contributed by atoms with Gasteiger partial charge < -0.3 is 0 Å². The third-order valence-corrected chi connectivity index (χ3v) is 3.69. The number of aryl methyl sites for hydroxylation is 2. The molecular formula is C21H24. The van der Waals surface area contributed by atoms with Crippen LogP contribution in [0.3, 0.4) is 0 Å². The smallest absolute Gasteiger partial charge is 0.000732 e. The molecule has 1 atom stereocenters. The molecule has 0 amide bonds. The van der Waals surface area contributed by atoms with E-state index in [0.717, 1.165) is 12.8 Å². The topological polar surface area (TPSA) is 0 Å². The summed E-state index contributed by atoms with van der Waals surface area (Å²) >= 11 is 0.